The van der Waals surface area contributed by atoms with Gasteiger partial charge >= 0.3 is 0 Å². The van der Waals surface area contributed by atoms with Crippen LogP contribution in [-0.4, -0.2) is 64.2 Å². The van der Waals surface area contributed by atoms with Gasteiger partial charge in [-0.05, 0) is 50.6 Å². The molecule has 0 bridgehead atoms. The van der Waals surface area contributed by atoms with E-state index >= 15 is 0 Å². The van der Waals surface area contributed by atoms with E-state index < -0.39 is 28.5 Å². The van der Waals surface area contributed by atoms with Crippen molar-refractivity contribution in [3.63, 3.8) is 0 Å². The molecule has 2 amide bonds. The van der Waals surface area contributed by atoms with Gasteiger partial charge in [0, 0.05) is 23.7 Å². The van der Waals surface area contributed by atoms with Crippen LogP contribution in [0.3, 0.4) is 0 Å². The standard InChI is InChI=1S/C24H32ClN3O6S/c1-16(2)26-24(30)17(3)27(14-18-7-9-19(25)10-8-18)23(29)15-28(35(6,31)32)21-12-11-20(33-4)13-22(21)34-5/h7-13,16-17H,14-15H2,1-6H3,(H,26,30)/t17-/m1/s1. The van der Waals surface area contributed by atoms with Crippen molar-refractivity contribution in [3.8, 4) is 11.5 Å². The first-order chi connectivity index (χ1) is 16.4. The first kappa shape index (κ1) is 28.3. The maximum absolute atomic E-state index is 13.5. The zero-order chi connectivity index (χ0) is 26.3. The SMILES string of the molecule is COc1ccc(N(CC(=O)N(Cc2ccc(Cl)cc2)[C@H](C)C(=O)NC(C)C)S(C)(=O)=O)c(OC)c1. The Morgan fingerprint density at radius 2 is 1.66 bits per heavy atom. The number of carbonyl (C=O) groups is 2. The third kappa shape index (κ3) is 7.76. The van der Waals surface area contributed by atoms with Crippen molar-refractivity contribution in [3.05, 3.63) is 53.1 Å². The summed E-state index contributed by atoms with van der Waals surface area (Å²) in [6, 6.07) is 10.5. The minimum atomic E-state index is -3.90. The molecular weight excluding hydrogens is 494 g/mol. The minimum absolute atomic E-state index is 0.0834. The van der Waals surface area contributed by atoms with Gasteiger partial charge in [-0.25, -0.2) is 8.42 Å². The van der Waals surface area contributed by atoms with E-state index in [1.165, 1.54) is 31.3 Å². The third-order valence-corrected chi connectivity index (χ3v) is 6.58. The molecule has 35 heavy (non-hydrogen) atoms. The van der Waals surface area contributed by atoms with Gasteiger partial charge in [-0.15, -0.1) is 0 Å². The van der Waals surface area contributed by atoms with Crippen LogP contribution in [0.25, 0.3) is 0 Å². The Balaban J connectivity index is 2.45. The Labute approximate surface area is 212 Å². The van der Waals surface area contributed by atoms with Crippen molar-refractivity contribution in [1.82, 2.24) is 10.2 Å². The molecule has 2 rings (SSSR count). The number of methoxy groups -OCH3 is 2. The van der Waals surface area contributed by atoms with Gasteiger partial charge in [-0.1, -0.05) is 23.7 Å². The summed E-state index contributed by atoms with van der Waals surface area (Å²) in [5.74, 6) is -0.226. The van der Waals surface area contributed by atoms with Gasteiger partial charge < -0.3 is 19.7 Å². The number of nitrogens with one attached hydrogen (secondary N) is 1. The fraction of sp³-hybridized carbons (Fsp3) is 0.417. The Bertz CT molecular complexity index is 1140. The first-order valence-electron chi connectivity index (χ1n) is 10.9. The molecule has 0 aliphatic carbocycles. The molecule has 0 fully saturated rings. The van der Waals surface area contributed by atoms with Crippen molar-refractivity contribution in [2.75, 3.05) is 31.3 Å². The normalized spacial score (nSPS) is 12.1. The lowest BCUT2D eigenvalue weighted by molar-refractivity contribution is -0.139. The van der Waals surface area contributed by atoms with Crippen LogP contribution in [0.15, 0.2) is 42.5 Å². The monoisotopic (exact) mass is 525 g/mol. The van der Waals surface area contributed by atoms with Crippen LogP contribution in [0.4, 0.5) is 5.69 Å². The third-order valence-electron chi connectivity index (χ3n) is 5.20. The summed E-state index contributed by atoms with van der Waals surface area (Å²) in [6.45, 7) is 4.79. The van der Waals surface area contributed by atoms with Crippen molar-refractivity contribution in [2.45, 2.75) is 39.4 Å². The average molecular weight is 526 g/mol. The van der Waals surface area contributed by atoms with Gasteiger partial charge in [0.25, 0.3) is 0 Å². The van der Waals surface area contributed by atoms with E-state index in [4.69, 9.17) is 21.1 Å². The molecule has 0 spiro atoms. The van der Waals surface area contributed by atoms with Crippen molar-refractivity contribution < 1.29 is 27.5 Å². The predicted octanol–water partition coefficient (Wildman–Crippen LogP) is 3.07. The Morgan fingerprint density at radius 3 is 2.17 bits per heavy atom. The molecule has 1 atom stereocenters. The average Bonchev–Trinajstić information content (AvgIpc) is 2.80. The van der Waals surface area contributed by atoms with Crippen LogP contribution in [-0.2, 0) is 26.2 Å². The van der Waals surface area contributed by atoms with Crippen molar-refractivity contribution in [2.24, 2.45) is 0 Å². The summed E-state index contributed by atoms with van der Waals surface area (Å²) < 4.78 is 37.0. The lowest BCUT2D eigenvalue weighted by Crippen LogP contribution is -2.52. The largest absolute Gasteiger partial charge is 0.497 e. The minimum Gasteiger partial charge on any atom is -0.497 e. The number of anilines is 1. The molecule has 1 N–H and O–H groups in total. The second-order valence-electron chi connectivity index (χ2n) is 8.29. The number of carbonyl (C=O) groups excluding carboxylic acids is 2. The van der Waals surface area contributed by atoms with Gasteiger partial charge in [0.2, 0.25) is 21.8 Å². The second-order valence-corrected chi connectivity index (χ2v) is 10.6. The van der Waals surface area contributed by atoms with Crippen molar-refractivity contribution in [1.29, 1.82) is 0 Å². The molecule has 2 aromatic carbocycles. The quantitative estimate of drug-likeness (QED) is 0.483. The highest BCUT2D eigenvalue weighted by Gasteiger charge is 2.31. The number of hydrogen-bond donors (Lipinski definition) is 1. The molecule has 192 valence electrons. The molecule has 0 heterocycles. The van der Waals surface area contributed by atoms with E-state index in [2.05, 4.69) is 5.32 Å². The number of halogens is 1. The zero-order valence-corrected chi connectivity index (χ0v) is 22.3. The van der Waals surface area contributed by atoms with Crippen LogP contribution >= 0.6 is 11.6 Å². The van der Waals surface area contributed by atoms with Crippen LogP contribution in [0, 0.1) is 0 Å². The molecule has 0 radical (unpaired) electrons. The Hall–Kier alpha value is -2.98. The summed E-state index contributed by atoms with van der Waals surface area (Å²) in [5, 5.41) is 3.33. The van der Waals surface area contributed by atoms with Crippen molar-refractivity contribution >= 4 is 39.1 Å². The number of hydrogen-bond acceptors (Lipinski definition) is 6. The number of ether oxygens (including phenoxy) is 2. The molecule has 0 aliphatic heterocycles. The van der Waals surface area contributed by atoms with Gasteiger partial charge in [-0.3, -0.25) is 13.9 Å². The molecule has 9 nitrogen and oxygen atoms in total. The molecule has 2 aromatic rings. The topological polar surface area (TPSA) is 105 Å². The second kappa shape index (κ2) is 12.1. The smallest absolute Gasteiger partial charge is 0.244 e. The number of nitrogens with zero attached hydrogens (tertiary/aromatic N) is 2. The van der Waals surface area contributed by atoms with E-state index in [9.17, 15) is 18.0 Å². The number of rotatable bonds is 11. The molecule has 0 saturated carbocycles. The van der Waals surface area contributed by atoms with Crippen LogP contribution < -0.4 is 19.1 Å². The fourth-order valence-electron chi connectivity index (χ4n) is 3.36. The summed E-state index contributed by atoms with van der Waals surface area (Å²) >= 11 is 5.98. The highest BCUT2D eigenvalue weighted by molar-refractivity contribution is 7.92. The van der Waals surface area contributed by atoms with E-state index in [-0.39, 0.29) is 29.9 Å². The fourth-order valence-corrected chi connectivity index (χ4v) is 4.34. The maximum atomic E-state index is 13.5. The molecule has 11 heteroatoms. The first-order valence-corrected chi connectivity index (χ1v) is 13.1. The molecule has 0 saturated heterocycles. The van der Waals surface area contributed by atoms with Gasteiger partial charge in [-0.2, -0.15) is 0 Å². The zero-order valence-electron chi connectivity index (χ0n) is 20.7. The Morgan fingerprint density at radius 1 is 1.03 bits per heavy atom. The van der Waals surface area contributed by atoms with Crippen LogP contribution in [0.1, 0.15) is 26.3 Å². The highest BCUT2D eigenvalue weighted by atomic mass is 35.5. The van der Waals surface area contributed by atoms with Crippen LogP contribution in [0.2, 0.25) is 5.02 Å². The molecule has 0 aromatic heterocycles. The summed E-state index contributed by atoms with van der Waals surface area (Å²) in [4.78, 5) is 27.7. The van der Waals surface area contributed by atoms with E-state index in [1.54, 1.807) is 37.3 Å². The highest BCUT2D eigenvalue weighted by Crippen LogP contribution is 2.33. The molecule has 0 aliphatic rings. The number of amides is 2. The predicted molar refractivity (Wildman–Crippen MR) is 136 cm³/mol. The molecular formula is C24H32ClN3O6S. The number of sulfonamides is 1. The lowest BCUT2D eigenvalue weighted by Gasteiger charge is -2.32. The van der Waals surface area contributed by atoms with E-state index in [1.807, 2.05) is 13.8 Å². The Kier molecular flexibility index (Phi) is 9.79. The summed E-state index contributed by atoms with van der Waals surface area (Å²) in [7, 11) is -1.02. The van der Waals surface area contributed by atoms with Gasteiger partial charge in [0.1, 0.15) is 24.1 Å². The molecule has 0 unspecified atom stereocenters. The lowest BCUT2D eigenvalue weighted by atomic mass is 10.1. The summed E-state index contributed by atoms with van der Waals surface area (Å²) in [5.41, 5.74) is 0.912. The van der Waals surface area contributed by atoms with Gasteiger partial charge in [0.15, 0.2) is 0 Å². The van der Waals surface area contributed by atoms with E-state index in [0.717, 1.165) is 16.1 Å². The number of benzene rings is 2. The van der Waals surface area contributed by atoms with E-state index in [0.29, 0.717) is 10.8 Å². The maximum Gasteiger partial charge on any atom is 0.244 e. The van der Waals surface area contributed by atoms with Gasteiger partial charge in [0.05, 0.1) is 26.2 Å². The van der Waals surface area contributed by atoms with Crippen LogP contribution in [0.5, 0.6) is 11.5 Å². The summed E-state index contributed by atoms with van der Waals surface area (Å²) in [6.07, 6.45) is 1.00.